The first kappa shape index (κ1) is 24.9. The standard InChI is InChI=1S/C26H27ClN2O3.ClH/c1-4-28-15-17-5-7-21(8-6-17)29-26(30)23-10-9-22(31-23)13-18-11-20(27)12-19-14-24(16(2)3)32-25(18)19;/h5-12,14,16,28H,4,13,15H2,1-3H3,(H,29,30);1H. The molecule has 0 bridgehead atoms. The molecule has 2 aromatic heterocycles. The second kappa shape index (κ2) is 10.9. The molecule has 1 amide bonds. The Morgan fingerprint density at radius 2 is 1.79 bits per heavy atom. The van der Waals surface area contributed by atoms with E-state index < -0.39 is 0 Å². The lowest BCUT2D eigenvalue weighted by molar-refractivity contribution is 0.0995. The molecule has 0 saturated heterocycles. The number of amides is 1. The summed E-state index contributed by atoms with van der Waals surface area (Å²) < 4.78 is 11.9. The molecule has 0 aliphatic heterocycles. The van der Waals surface area contributed by atoms with Gasteiger partial charge in [0.05, 0.1) is 0 Å². The van der Waals surface area contributed by atoms with E-state index in [2.05, 4.69) is 31.4 Å². The number of hydrogen-bond donors (Lipinski definition) is 2. The Hall–Kier alpha value is -2.73. The first-order valence-corrected chi connectivity index (χ1v) is 11.2. The molecule has 7 heteroatoms. The highest BCUT2D eigenvalue weighted by molar-refractivity contribution is 6.31. The van der Waals surface area contributed by atoms with Gasteiger partial charge in [-0.3, -0.25) is 4.79 Å². The fourth-order valence-corrected chi connectivity index (χ4v) is 3.82. The lowest BCUT2D eigenvalue weighted by Crippen LogP contribution is -2.12. The predicted molar refractivity (Wildman–Crippen MR) is 136 cm³/mol. The molecule has 5 nitrogen and oxygen atoms in total. The van der Waals surface area contributed by atoms with Crippen molar-refractivity contribution in [1.82, 2.24) is 5.32 Å². The fourth-order valence-electron chi connectivity index (χ4n) is 3.57. The van der Waals surface area contributed by atoms with Gasteiger partial charge in [-0.25, -0.2) is 0 Å². The number of hydrogen-bond acceptors (Lipinski definition) is 4. The van der Waals surface area contributed by atoms with Crippen molar-refractivity contribution in [3.8, 4) is 0 Å². The van der Waals surface area contributed by atoms with Crippen molar-refractivity contribution in [2.75, 3.05) is 11.9 Å². The zero-order valence-corrected chi connectivity index (χ0v) is 20.5. The van der Waals surface area contributed by atoms with E-state index in [4.69, 9.17) is 20.4 Å². The maximum atomic E-state index is 12.6. The molecule has 2 aromatic carbocycles. The minimum absolute atomic E-state index is 0. The normalized spacial score (nSPS) is 11.1. The van der Waals surface area contributed by atoms with Gasteiger partial charge in [-0.1, -0.05) is 44.5 Å². The third kappa shape index (κ3) is 5.99. The molecule has 0 fully saturated rings. The zero-order chi connectivity index (χ0) is 22.7. The fraction of sp³-hybridized carbons (Fsp3) is 0.269. The van der Waals surface area contributed by atoms with Crippen LogP contribution in [0.1, 0.15) is 59.9 Å². The lowest BCUT2D eigenvalue weighted by Gasteiger charge is -2.06. The molecule has 174 valence electrons. The molecule has 2 heterocycles. The van der Waals surface area contributed by atoms with Gasteiger partial charge in [0.1, 0.15) is 17.1 Å². The molecular formula is C26H28Cl2N2O3. The van der Waals surface area contributed by atoms with E-state index in [1.807, 2.05) is 48.5 Å². The molecule has 0 unspecified atom stereocenters. The molecule has 2 N–H and O–H groups in total. The number of benzene rings is 2. The Morgan fingerprint density at radius 1 is 1.03 bits per heavy atom. The van der Waals surface area contributed by atoms with E-state index in [1.54, 1.807) is 6.07 Å². The van der Waals surface area contributed by atoms with E-state index >= 15 is 0 Å². The van der Waals surface area contributed by atoms with Gasteiger partial charge in [0.25, 0.3) is 5.91 Å². The van der Waals surface area contributed by atoms with Crippen LogP contribution in [0.25, 0.3) is 11.0 Å². The van der Waals surface area contributed by atoms with Crippen molar-refractivity contribution in [3.05, 3.63) is 88.0 Å². The van der Waals surface area contributed by atoms with Gasteiger partial charge in [-0.05, 0) is 54.6 Å². The summed E-state index contributed by atoms with van der Waals surface area (Å²) in [6.45, 7) is 7.97. The number of carbonyl (C=O) groups is 1. The first-order chi connectivity index (χ1) is 15.4. The Balaban J connectivity index is 0.00000306. The number of nitrogens with one attached hydrogen (secondary N) is 2. The number of furan rings is 2. The van der Waals surface area contributed by atoms with Crippen LogP contribution in [0.3, 0.4) is 0 Å². The van der Waals surface area contributed by atoms with Gasteiger partial charge >= 0.3 is 0 Å². The first-order valence-electron chi connectivity index (χ1n) is 10.8. The van der Waals surface area contributed by atoms with Crippen LogP contribution in [0.15, 0.2) is 63.4 Å². The van der Waals surface area contributed by atoms with Gasteiger partial charge < -0.3 is 19.5 Å². The topological polar surface area (TPSA) is 67.4 Å². The van der Waals surface area contributed by atoms with Crippen LogP contribution in [0.4, 0.5) is 5.69 Å². The number of anilines is 1. The lowest BCUT2D eigenvalue weighted by atomic mass is 10.1. The second-order valence-corrected chi connectivity index (χ2v) is 8.60. The smallest absolute Gasteiger partial charge is 0.291 e. The molecular weight excluding hydrogens is 459 g/mol. The maximum Gasteiger partial charge on any atom is 0.291 e. The number of fused-ring (bicyclic) bond motifs is 1. The van der Waals surface area contributed by atoms with Crippen molar-refractivity contribution in [1.29, 1.82) is 0 Å². The van der Waals surface area contributed by atoms with E-state index in [9.17, 15) is 4.79 Å². The molecule has 33 heavy (non-hydrogen) atoms. The van der Waals surface area contributed by atoms with Crippen LogP contribution >= 0.6 is 24.0 Å². The van der Waals surface area contributed by atoms with Crippen LogP contribution in [0.2, 0.25) is 5.02 Å². The highest BCUT2D eigenvalue weighted by Gasteiger charge is 2.16. The maximum absolute atomic E-state index is 12.6. The second-order valence-electron chi connectivity index (χ2n) is 8.16. The van der Waals surface area contributed by atoms with E-state index in [-0.39, 0.29) is 30.0 Å². The molecule has 0 radical (unpaired) electrons. The summed E-state index contributed by atoms with van der Waals surface area (Å²) in [5.41, 5.74) is 3.62. The van der Waals surface area contributed by atoms with Crippen molar-refractivity contribution in [2.45, 2.75) is 39.7 Å². The Kier molecular flexibility index (Phi) is 8.25. The van der Waals surface area contributed by atoms with Crippen LogP contribution < -0.4 is 10.6 Å². The minimum Gasteiger partial charge on any atom is -0.461 e. The van der Waals surface area contributed by atoms with Crippen LogP contribution in [0, 0.1) is 0 Å². The average molecular weight is 487 g/mol. The Bertz CT molecular complexity index is 1230. The third-order valence-corrected chi connectivity index (χ3v) is 5.51. The molecule has 0 aliphatic rings. The summed E-state index contributed by atoms with van der Waals surface area (Å²) >= 11 is 6.32. The van der Waals surface area contributed by atoms with Gasteiger partial charge in [-0.15, -0.1) is 12.4 Å². The Labute approximate surface area is 204 Å². The zero-order valence-electron chi connectivity index (χ0n) is 18.9. The molecule has 4 aromatic rings. The number of halogens is 2. The minimum atomic E-state index is -0.285. The van der Waals surface area contributed by atoms with Crippen molar-refractivity contribution in [2.24, 2.45) is 0 Å². The highest BCUT2D eigenvalue weighted by Crippen LogP contribution is 2.31. The van der Waals surface area contributed by atoms with Crippen LogP contribution in [-0.2, 0) is 13.0 Å². The van der Waals surface area contributed by atoms with E-state index in [1.165, 1.54) is 0 Å². The SMILES string of the molecule is CCNCc1ccc(NC(=O)c2ccc(Cc3cc(Cl)cc4cc(C(C)C)oc34)o2)cc1.Cl. The summed E-state index contributed by atoms with van der Waals surface area (Å²) in [5.74, 6) is 1.84. The van der Waals surface area contributed by atoms with Gasteiger partial charge in [-0.2, -0.15) is 0 Å². The molecule has 0 spiro atoms. The quantitative estimate of drug-likeness (QED) is 0.276. The molecule has 0 atom stereocenters. The summed E-state index contributed by atoms with van der Waals surface area (Å²) in [4.78, 5) is 12.6. The monoisotopic (exact) mass is 486 g/mol. The van der Waals surface area contributed by atoms with Crippen LogP contribution in [-0.4, -0.2) is 12.5 Å². The van der Waals surface area contributed by atoms with Crippen molar-refractivity contribution < 1.29 is 13.6 Å². The van der Waals surface area contributed by atoms with E-state index in [0.29, 0.717) is 17.2 Å². The predicted octanol–water partition coefficient (Wildman–Crippen LogP) is 7.18. The van der Waals surface area contributed by atoms with Crippen molar-refractivity contribution in [3.63, 3.8) is 0 Å². The van der Waals surface area contributed by atoms with E-state index in [0.717, 1.165) is 46.6 Å². The Morgan fingerprint density at radius 3 is 2.48 bits per heavy atom. The van der Waals surface area contributed by atoms with Crippen LogP contribution in [0.5, 0.6) is 0 Å². The summed E-state index contributed by atoms with van der Waals surface area (Å²) in [5, 5.41) is 7.77. The summed E-state index contributed by atoms with van der Waals surface area (Å²) in [6.07, 6.45) is 0.481. The average Bonchev–Trinajstić information content (AvgIpc) is 3.40. The molecule has 4 rings (SSSR count). The summed E-state index contributed by atoms with van der Waals surface area (Å²) in [6, 6.07) is 17.1. The summed E-state index contributed by atoms with van der Waals surface area (Å²) in [7, 11) is 0. The van der Waals surface area contributed by atoms with Gasteiger partial charge in [0.15, 0.2) is 5.76 Å². The molecule has 0 aliphatic carbocycles. The van der Waals surface area contributed by atoms with Gasteiger partial charge in [0, 0.05) is 40.5 Å². The highest BCUT2D eigenvalue weighted by atomic mass is 35.5. The molecule has 0 saturated carbocycles. The number of rotatable bonds is 8. The van der Waals surface area contributed by atoms with Gasteiger partial charge in [0.2, 0.25) is 0 Å². The van der Waals surface area contributed by atoms with Crippen molar-refractivity contribution >= 4 is 46.6 Å². The third-order valence-electron chi connectivity index (χ3n) is 5.29. The number of carbonyl (C=O) groups excluding carboxylic acids is 1. The largest absolute Gasteiger partial charge is 0.461 e.